The molecule has 0 saturated carbocycles. The smallest absolute Gasteiger partial charge is 0.122 e. The molecule has 0 saturated heterocycles. The average molecular weight is 212 g/mol. The molecule has 1 rings (SSSR count). The Kier molecular flexibility index (Phi) is 5.10. The molecule has 0 heterocycles. The summed E-state index contributed by atoms with van der Waals surface area (Å²) in [7, 11) is 0. The van der Waals surface area contributed by atoms with E-state index in [2.05, 4.69) is 0 Å². The van der Waals surface area contributed by atoms with E-state index in [1.54, 1.807) is 6.07 Å². The van der Waals surface area contributed by atoms with Crippen molar-refractivity contribution in [2.75, 3.05) is 19.8 Å². The Bertz CT molecular complexity index is 288. The average Bonchev–Trinajstić information content (AvgIpc) is 2.28. The maximum atomic E-state index is 9.12. The molecule has 0 aliphatic carbocycles. The third-order valence-electron chi connectivity index (χ3n) is 2.00. The lowest BCUT2D eigenvalue weighted by atomic mass is 10.1. The second kappa shape index (κ2) is 6.40. The van der Waals surface area contributed by atoms with Crippen LogP contribution >= 0.6 is 0 Å². The summed E-state index contributed by atoms with van der Waals surface area (Å²) in [6.45, 7) is -0.204. The van der Waals surface area contributed by atoms with Crippen molar-refractivity contribution < 1.29 is 20.1 Å². The van der Waals surface area contributed by atoms with Crippen LogP contribution in [-0.2, 0) is 6.42 Å². The van der Waals surface area contributed by atoms with Crippen LogP contribution in [0.15, 0.2) is 24.3 Å². The highest BCUT2D eigenvalue weighted by Crippen LogP contribution is 2.18. The van der Waals surface area contributed by atoms with E-state index in [1.807, 2.05) is 18.2 Å². The van der Waals surface area contributed by atoms with Crippen molar-refractivity contribution in [3.63, 3.8) is 0 Å². The standard InChI is InChI=1S/C11H16O4/c12-6-5-9-3-1-2-4-11(9)15-8-10(14)7-13/h1-4,10,12-14H,5-8H2. The fraction of sp³-hybridized carbons (Fsp3) is 0.455. The van der Waals surface area contributed by atoms with Crippen molar-refractivity contribution in [2.24, 2.45) is 0 Å². The van der Waals surface area contributed by atoms with Gasteiger partial charge in [0.25, 0.3) is 0 Å². The summed E-state index contributed by atoms with van der Waals surface area (Å²) in [5.74, 6) is 0.638. The molecular formula is C11H16O4. The Morgan fingerprint density at radius 1 is 1.20 bits per heavy atom. The van der Waals surface area contributed by atoms with Crippen molar-refractivity contribution in [1.82, 2.24) is 0 Å². The molecular weight excluding hydrogens is 196 g/mol. The van der Waals surface area contributed by atoms with Gasteiger partial charge in [0, 0.05) is 6.61 Å². The normalized spacial score (nSPS) is 12.5. The Morgan fingerprint density at radius 3 is 2.60 bits per heavy atom. The summed E-state index contributed by atoms with van der Waals surface area (Å²) in [5, 5.41) is 26.6. The third kappa shape index (κ3) is 3.87. The van der Waals surface area contributed by atoms with Crippen LogP contribution in [0.25, 0.3) is 0 Å². The fourth-order valence-corrected chi connectivity index (χ4v) is 1.21. The molecule has 0 spiro atoms. The third-order valence-corrected chi connectivity index (χ3v) is 2.00. The van der Waals surface area contributed by atoms with Crippen LogP contribution < -0.4 is 4.74 Å². The zero-order valence-electron chi connectivity index (χ0n) is 8.47. The zero-order valence-corrected chi connectivity index (χ0v) is 8.47. The van der Waals surface area contributed by atoms with Gasteiger partial charge in [-0.2, -0.15) is 0 Å². The van der Waals surface area contributed by atoms with E-state index in [0.717, 1.165) is 5.56 Å². The highest BCUT2D eigenvalue weighted by molar-refractivity contribution is 5.33. The summed E-state index contributed by atoms with van der Waals surface area (Å²) < 4.78 is 5.32. The molecule has 1 aromatic rings. The van der Waals surface area contributed by atoms with E-state index in [0.29, 0.717) is 12.2 Å². The van der Waals surface area contributed by atoms with E-state index >= 15 is 0 Å². The van der Waals surface area contributed by atoms with Crippen LogP contribution in [0, 0.1) is 0 Å². The molecule has 0 bridgehead atoms. The first-order chi connectivity index (χ1) is 7.27. The lowest BCUT2D eigenvalue weighted by molar-refractivity contribution is 0.0532. The number of benzene rings is 1. The number of para-hydroxylation sites is 1. The Morgan fingerprint density at radius 2 is 1.93 bits per heavy atom. The maximum absolute atomic E-state index is 9.12. The van der Waals surface area contributed by atoms with Crippen LogP contribution in [0.4, 0.5) is 0 Å². The van der Waals surface area contributed by atoms with E-state index in [4.69, 9.17) is 20.1 Å². The first kappa shape index (κ1) is 12.0. The van der Waals surface area contributed by atoms with Gasteiger partial charge in [0.1, 0.15) is 18.5 Å². The van der Waals surface area contributed by atoms with Crippen molar-refractivity contribution in [3.8, 4) is 5.75 Å². The first-order valence-electron chi connectivity index (χ1n) is 4.88. The fourth-order valence-electron chi connectivity index (χ4n) is 1.21. The lowest BCUT2D eigenvalue weighted by Crippen LogP contribution is -2.21. The summed E-state index contributed by atoms with van der Waals surface area (Å²) in [5.41, 5.74) is 0.894. The number of hydrogen-bond donors (Lipinski definition) is 3. The van der Waals surface area contributed by atoms with Crippen LogP contribution in [0.2, 0.25) is 0 Å². The minimum Gasteiger partial charge on any atom is -0.491 e. The number of rotatable bonds is 6. The number of aliphatic hydroxyl groups is 3. The van der Waals surface area contributed by atoms with E-state index in [1.165, 1.54) is 0 Å². The predicted molar refractivity (Wildman–Crippen MR) is 55.8 cm³/mol. The van der Waals surface area contributed by atoms with Crippen molar-refractivity contribution in [1.29, 1.82) is 0 Å². The van der Waals surface area contributed by atoms with Gasteiger partial charge < -0.3 is 20.1 Å². The molecule has 4 heteroatoms. The SMILES string of the molecule is OCCc1ccccc1OCC(O)CO. The molecule has 0 fully saturated rings. The molecule has 0 aliphatic heterocycles. The Hall–Kier alpha value is -1.10. The van der Waals surface area contributed by atoms with Crippen LogP contribution in [0.5, 0.6) is 5.75 Å². The zero-order chi connectivity index (χ0) is 11.1. The van der Waals surface area contributed by atoms with E-state index in [-0.39, 0.29) is 19.8 Å². The summed E-state index contributed by atoms with van der Waals surface area (Å²) in [4.78, 5) is 0. The van der Waals surface area contributed by atoms with Gasteiger partial charge in [-0.15, -0.1) is 0 Å². The monoisotopic (exact) mass is 212 g/mol. The van der Waals surface area contributed by atoms with E-state index < -0.39 is 6.10 Å². The highest BCUT2D eigenvalue weighted by atomic mass is 16.5. The Labute approximate surface area is 88.8 Å². The van der Waals surface area contributed by atoms with Crippen molar-refractivity contribution >= 4 is 0 Å². The molecule has 4 nitrogen and oxygen atoms in total. The molecule has 0 aliphatic rings. The predicted octanol–water partition coefficient (Wildman–Crippen LogP) is -0.0466. The molecule has 1 aromatic carbocycles. The molecule has 0 radical (unpaired) electrons. The highest BCUT2D eigenvalue weighted by Gasteiger charge is 2.06. The number of ether oxygens (including phenoxy) is 1. The number of hydrogen-bond acceptors (Lipinski definition) is 4. The van der Waals surface area contributed by atoms with Crippen molar-refractivity contribution in [2.45, 2.75) is 12.5 Å². The topological polar surface area (TPSA) is 69.9 Å². The van der Waals surface area contributed by atoms with E-state index in [9.17, 15) is 0 Å². The summed E-state index contributed by atoms with van der Waals surface area (Å²) in [6, 6.07) is 7.31. The first-order valence-corrected chi connectivity index (χ1v) is 4.88. The molecule has 15 heavy (non-hydrogen) atoms. The van der Waals surface area contributed by atoms with Gasteiger partial charge in [-0.3, -0.25) is 0 Å². The second-order valence-electron chi connectivity index (χ2n) is 3.23. The largest absolute Gasteiger partial charge is 0.491 e. The van der Waals surface area contributed by atoms with Crippen LogP contribution in [0.1, 0.15) is 5.56 Å². The minimum atomic E-state index is -0.868. The second-order valence-corrected chi connectivity index (χ2v) is 3.23. The maximum Gasteiger partial charge on any atom is 0.122 e. The Balaban J connectivity index is 2.58. The van der Waals surface area contributed by atoms with Gasteiger partial charge in [-0.1, -0.05) is 18.2 Å². The molecule has 1 atom stereocenters. The molecule has 84 valence electrons. The molecule has 1 unspecified atom stereocenters. The van der Waals surface area contributed by atoms with Crippen LogP contribution in [0.3, 0.4) is 0 Å². The molecule has 0 amide bonds. The van der Waals surface area contributed by atoms with Gasteiger partial charge in [0.2, 0.25) is 0 Å². The van der Waals surface area contributed by atoms with Gasteiger partial charge in [0.15, 0.2) is 0 Å². The van der Waals surface area contributed by atoms with Gasteiger partial charge >= 0.3 is 0 Å². The quantitative estimate of drug-likeness (QED) is 0.618. The van der Waals surface area contributed by atoms with Crippen LogP contribution in [-0.4, -0.2) is 41.2 Å². The van der Waals surface area contributed by atoms with Gasteiger partial charge in [-0.05, 0) is 18.1 Å². The minimum absolute atomic E-state index is 0.0545. The van der Waals surface area contributed by atoms with Gasteiger partial charge in [0.05, 0.1) is 6.61 Å². The molecule has 0 aromatic heterocycles. The lowest BCUT2D eigenvalue weighted by Gasteiger charge is -2.12. The summed E-state index contributed by atoms with van der Waals surface area (Å²) in [6.07, 6.45) is -0.349. The summed E-state index contributed by atoms with van der Waals surface area (Å²) >= 11 is 0. The molecule has 3 N–H and O–H groups in total. The van der Waals surface area contributed by atoms with Crippen molar-refractivity contribution in [3.05, 3.63) is 29.8 Å². The van der Waals surface area contributed by atoms with Gasteiger partial charge in [-0.25, -0.2) is 0 Å². The number of aliphatic hydroxyl groups excluding tert-OH is 3.